The number of para-hydroxylation sites is 1. The van der Waals surface area contributed by atoms with Crippen molar-refractivity contribution < 1.29 is 9.47 Å². The summed E-state index contributed by atoms with van der Waals surface area (Å²) >= 11 is 0. The molecule has 0 spiro atoms. The lowest BCUT2D eigenvalue weighted by Crippen LogP contribution is -2.47. The van der Waals surface area contributed by atoms with Gasteiger partial charge in [-0.25, -0.2) is 0 Å². The number of rotatable bonds is 6. The second kappa shape index (κ2) is 9.62. The third-order valence-electron chi connectivity index (χ3n) is 4.64. The first kappa shape index (κ1) is 20.3. The van der Waals surface area contributed by atoms with Crippen LogP contribution in [0.4, 0.5) is 0 Å². The van der Waals surface area contributed by atoms with Gasteiger partial charge < -0.3 is 20.1 Å². The minimum Gasteiger partial charge on any atom is -0.493 e. The van der Waals surface area contributed by atoms with E-state index in [1.807, 2.05) is 25.2 Å². The van der Waals surface area contributed by atoms with E-state index in [-0.39, 0.29) is 24.0 Å². The number of hydrogen-bond acceptors (Lipinski definition) is 3. The van der Waals surface area contributed by atoms with Crippen LogP contribution in [0.1, 0.15) is 38.7 Å². The maximum absolute atomic E-state index is 5.92. The number of halogens is 1. The van der Waals surface area contributed by atoms with E-state index in [1.54, 1.807) is 0 Å². The smallest absolute Gasteiger partial charge is 0.191 e. The molecule has 2 N–H and O–H groups in total. The first-order chi connectivity index (χ1) is 11.7. The molecule has 0 saturated carbocycles. The molecule has 140 valence electrons. The van der Waals surface area contributed by atoms with Gasteiger partial charge in [0.2, 0.25) is 0 Å². The van der Waals surface area contributed by atoms with Crippen LogP contribution in [-0.2, 0) is 11.3 Å². The lowest BCUT2D eigenvalue weighted by atomic mass is 9.96. The van der Waals surface area contributed by atoms with Crippen LogP contribution < -0.4 is 15.4 Å². The van der Waals surface area contributed by atoms with Crippen LogP contribution >= 0.6 is 24.0 Å². The summed E-state index contributed by atoms with van der Waals surface area (Å²) in [5.74, 6) is 2.28. The van der Waals surface area contributed by atoms with E-state index in [9.17, 15) is 0 Å². The Bertz CT molecular complexity index is 580. The fourth-order valence-corrected chi connectivity index (χ4v) is 3.39. The van der Waals surface area contributed by atoms with E-state index in [0.29, 0.717) is 30.7 Å². The van der Waals surface area contributed by atoms with E-state index in [0.717, 1.165) is 36.7 Å². The second-order valence-corrected chi connectivity index (χ2v) is 7.10. The molecule has 0 aromatic heterocycles. The number of ether oxygens (including phenoxy) is 2. The van der Waals surface area contributed by atoms with Crippen molar-refractivity contribution in [3.63, 3.8) is 0 Å². The van der Waals surface area contributed by atoms with Gasteiger partial charge in [-0.2, -0.15) is 0 Å². The molecule has 25 heavy (non-hydrogen) atoms. The number of guanidine groups is 1. The van der Waals surface area contributed by atoms with E-state index in [1.165, 1.54) is 6.42 Å². The zero-order valence-corrected chi connectivity index (χ0v) is 17.7. The van der Waals surface area contributed by atoms with Crippen molar-refractivity contribution in [3.05, 3.63) is 29.8 Å². The van der Waals surface area contributed by atoms with Gasteiger partial charge in [-0.05, 0) is 31.2 Å². The van der Waals surface area contributed by atoms with Gasteiger partial charge in [-0.1, -0.05) is 32.0 Å². The summed E-state index contributed by atoms with van der Waals surface area (Å²) < 4.78 is 11.8. The summed E-state index contributed by atoms with van der Waals surface area (Å²) in [7, 11) is 1.81. The zero-order valence-electron chi connectivity index (χ0n) is 15.3. The van der Waals surface area contributed by atoms with Gasteiger partial charge in [0, 0.05) is 19.2 Å². The lowest BCUT2D eigenvalue weighted by Gasteiger charge is -2.23. The zero-order chi connectivity index (χ0) is 16.9. The van der Waals surface area contributed by atoms with Gasteiger partial charge in [0.05, 0.1) is 24.9 Å². The molecule has 1 aromatic carbocycles. The maximum atomic E-state index is 5.92. The third-order valence-corrected chi connectivity index (χ3v) is 4.64. The number of fused-ring (bicyclic) bond motifs is 2. The second-order valence-electron chi connectivity index (χ2n) is 7.10. The molecule has 3 atom stereocenters. The number of nitrogens with one attached hydrogen (secondary N) is 2. The third kappa shape index (κ3) is 5.48. The van der Waals surface area contributed by atoms with Crippen molar-refractivity contribution in [2.45, 2.75) is 57.9 Å². The standard InChI is InChI=1S/C19H29N3O2.HI/c1-13(2)12-23-17-7-5-4-6-14(17)11-21-19(20-3)22-16-10-15-8-9-18(16)24-15;/h4-7,13,15-16,18H,8-12H2,1-3H3,(H2,20,21,22);1H. The average Bonchev–Trinajstić information content (AvgIpc) is 3.20. The highest BCUT2D eigenvalue weighted by molar-refractivity contribution is 14.0. The Morgan fingerprint density at radius 1 is 1.32 bits per heavy atom. The Kier molecular flexibility index (Phi) is 7.81. The molecule has 5 nitrogen and oxygen atoms in total. The first-order valence-corrected chi connectivity index (χ1v) is 8.99. The number of aliphatic imine (C=N–C) groups is 1. The van der Waals surface area contributed by atoms with Crippen LogP contribution in [0.5, 0.6) is 5.75 Å². The minimum atomic E-state index is 0. The molecule has 0 amide bonds. The Labute approximate surface area is 168 Å². The Morgan fingerprint density at radius 3 is 2.76 bits per heavy atom. The topological polar surface area (TPSA) is 54.9 Å². The van der Waals surface area contributed by atoms with Crippen molar-refractivity contribution in [3.8, 4) is 5.75 Å². The van der Waals surface area contributed by atoms with E-state index >= 15 is 0 Å². The Balaban J connectivity index is 0.00000225. The highest BCUT2D eigenvalue weighted by Gasteiger charge is 2.41. The molecular weight excluding hydrogens is 429 g/mol. The van der Waals surface area contributed by atoms with E-state index in [2.05, 4.69) is 35.5 Å². The molecule has 6 heteroatoms. The molecule has 2 heterocycles. The molecule has 2 saturated heterocycles. The number of nitrogens with zero attached hydrogens (tertiary/aromatic N) is 1. The van der Waals surface area contributed by atoms with Crippen LogP contribution in [0.3, 0.4) is 0 Å². The molecule has 2 fully saturated rings. The molecular formula is C19H30IN3O2. The van der Waals surface area contributed by atoms with Gasteiger partial charge in [0.25, 0.3) is 0 Å². The predicted octanol–water partition coefficient (Wildman–Crippen LogP) is 3.32. The SMILES string of the molecule is CN=C(NCc1ccccc1OCC(C)C)NC1CC2CCC1O2.I. The van der Waals surface area contributed by atoms with Gasteiger partial charge in [0.1, 0.15) is 5.75 Å². The van der Waals surface area contributed by atoms with Gasteiger partial charge >= 0.3 is 0 Å². The first-order valence-electron chi connectivity index (χ1n) is 8.99. The summed E-state index contributed by atoms with van der Waals surface area (Å²) in [6, 6.07) is 8.55. The lowest BCUT2D eigenvalue weighted by molar-refractivity contribution is 0.0992. The van der Waals surface area contributed by atoms with E-state index < -0.39 is 0 Å². The average molecular weight is 459 g/mol. The van der Waals surface area contributed by atoms with Crippen molar-refractivity contribution in [1.29, 1.82) is 0 Å². The monoisotopic (exact) mass is 459 g/mol. The van der Waals surface area contributed by atoms with E-state index in [4.69, 9.17) is 9.47 Å². The quantitative estimate of drug-likeness (QED) is 0.390. The summed E-state index contributed by atoms with van der Waals surface area (Å²) in [6.45, 7) is 5.73. The maximum Gasteiger partial charge on any atom is 0.191 e. The summed E-state index contributed by atoms with van der Waals surface area (Å²) in [5.41, 5.74) is 1.14. The van der Waals surface area contributed by atoms with Crippen molar-refractivity contribution in [2.75, 3.05) is 13.7 Å². The molecule has 2 aliphatic heterocycles. The van der Waals surface area contributed by atoms with Crippen molar-refractivity contribution in [1.82, 2.24) is 10.6 Å². The number of benzene rings is 1. The summed E-state index contributed by atoms with van der Waals surface area (Å²) in [4.78, 5) is 4.35. The van der Waals surface area contributed by atoms with Crippen LogP contribution in [-0.4, -0.2) is 37.9 Å². The Hall–Kier alpha value is -1.02. The fraction of sp³-hybridized carbons (Fsp3) is 0.632. The van der Waals surface area contributed by atoms with Crippen LogP contribution in [0.15, 0.2) is 29.3 Å². The summed E-state index contributed by atoms with van der Waals surface area (Å²) in [6.07, 6.45) is 4.23. The van der Waals surface area contributed by atoms with Crippen LogP contribution in [0.25, 0.3) is 0 Å². The van der Waals surface area contributed by atoms with Crippen LogP contribution in [0.2, 0.25) is 0 Å². The molecule has 2 aliphatic rings. The van der Waals surface area contributed by atoms with Crippen molar-refractivity contribution >= 4 is 29.9 Å². The van der Waals surface area contributed by atoms with Gasteiger partial charge in [-0.15, -0.1) is 24.0 Å². The fourth-order valence-electron chi connectivity index (χ4n) is 3.39. The highest BCUT2D eigenvalue weighted by Crippen LogP contribution is 2.34. The largest absolute Gasteiger partial charge is 0.493 e. The molecule has 3 unspecified atom stereocenters. The van der Waals surface area contributed by atoms with Gasteiger partial charge in [-0.3, -0.25) is 4.99 Å². The Morgan fingerprint density at radius 2 is 2.12 bits per heavy atom. The minimum absolute atomic E-state index is 0. The summed E-state index contributed by atoms with van der Waals surface area (Å²) in [5, 5.41) is 6.91. The molecule has 0 aliphatic carbocycles. The molecule has 1 aromatic rings. The molecule has 3 rings (SSSR count). The highest BCUT2D eigenvalue weighted by atomic mass is 127. The predicted molar refractivity (Wildman–Crippen MR) is 112 cm³/mol. The normalized spacial score (nSPS) is 25.0. The number of hydrogen-bond donors (Lipinski definition) is 2. The molecule has 0 radical (unpaired) electrons. The van der Waals surface area contributed by atoms with Crippen LogP contribution in [0, 0.1) is 5.92 Å². The molecule has 2 bridgehead atoms. The van der Waals surface area contributed by atoms with Crippen molar-refractivity contribution in [2.24, 2.45) is 10.9 Å². The van der Waals surface area contributed by atoms with Gasteiger partial charge in [0.15, 0.2) is 5.96 Å².